The first-order valence-electron chi connectivity index (χ1n) is 10.3. The van der Waals surface area contributed by atoms with Gasteiger partial charge in [-0.05, 0) is 55.5 Å². The minimum Gasteiger partial charge on any atom is -0.463 e. The fourth-order valence-electron chi connectivity index (χ4n) is 3.66. The lowest BCUT2D eigenvalue weighted by molar-refractivity contribution is 0.0920. The average Bonchev–Trinajstić information content (AvgIpc) is 3.25. The molecule has 4 rings (SSSR count). The second-order valence-corrected chi connectivity index (χ2v) is 7.11. The molecule has 30 heavy (non-hydrogen) atoms. The van der Waals surface area contributed by atoms with Crippen LogP contribution < -0.4 is 14.8 Å². The standard InChI is InChI=1S/C23H26N2O5/c1-2-27-12-13-28-23(24-19-9-5-7-16-6-3-4-8-18(16)19)25-22(26)17-10-11-20-21(14-17)30-15-29-20/h3-4,6,8,10-11,14,19H,2,5,7,9,12-13,15H2,1H3,(H,24,25,26). The van der Waals surface area contributed by atoms with E-state index in [0.717, 1.165) is 19.3 Å². The predicted octanol–water partition coefficient (Wildman–Crippen LogP) is 3.63. The van der Waals surface area contributed by atoms with Gasteiger partial charge in [0.25, 0.3) is 11.9 Å². The topological polar surface area (TPSA) is 78.4 Å². The molecule has 1 aliphatic carbocycles. The van der Waals surface area contributed by atoms with E-state index in [9.17, 15) is 4.79 Å². The van der Waals surface area contributed by atoms with Gasteiger partial charge in [-0.25, -0.2) is 4.99 Å². The van der Waals surface area contributed by atoms with Crippen LogP contribution in [0.15, 0.2) is 47.5 Å². The van der Waals surface area contributed by atoms with E-state index in [2.05, 4.69) is 17.4 Å². The maximum atomic E-state index is 12.8. The highest BCUT2D eigenvalue weighted by molar-refractivity contribution is 6.04. The predicted molar refractivity (Wildman–Crippen MR) is 112 cm³/mol. The average molecular weight is 410 g/mol. The Bertz CT molecular complexity index is 928. The van der Waals surface area contributed by atoms with Crippen LogP contribution in [0.5, 0.6) is 11.5 Å². The zero-order valence-corrected chi connectivity index (χ0v) is 17.1. The Morgan fingerprint density at radius 1 is 1.17 bits per heavy atom. The number of carbonyl (C=O) groups excluding carboxylic acids is 1. The number of nitrogens with zero attached hydrogens (tertiary/aromatic N) is 1. The molecule has 2 aromatic carbocycles. The Kier molecular flexibility index (Phi) is 6.49. The number of nitrogens with one attached hydrogen (secondary N) is 1. The smallest absolute Gasteiger partial charge is 0.292 e. The summed E-state index contributed by atoms with van der Waals surface area (Å²) in [5, 5.41) is 2.82. The molecular formula is C23H26N2O5. The minimum absolute atomic E-state index is 0.0471. The van der Waals surface area contributed by atoms with Crippen LogP contribution in [-0.4, -0.2) is 38.5 Å². The lowest BCUT2D eigenvalue weighted by Crippen LogP contribution is -2.34. The van der Waals surface area contributed by atoms with E-state index in [-0.39, 0.29) is 24.8 Å². The first kappa shape index (κ1) is 20.2. The van der Waals surface area contributed by atoms with Gasteiger partial charge in [-0.15, -0.1) is 0 Å². The molecule has 1 aliphatic heterocycles. The van der Waals surface area contributed by atoms with Crippen molar-refractivity contribution in [2.75, 3.05) is 26.6 Å². The van der Waals surface area contributed by atoms with Crippen molar-refractivity contribution < 1.29 is 23.7 Å². The number of rotatable bonds is 6. The van der Waals surface area contributed by atoms with E-state index in [1.807, 2.05) is 19.1 Å². The summed E-state index contributed by atoms with van der Waals surface area (Å²) in [5.74, 6) is 0.874. The molecule has 1 unspecified atom stereocenters. The van der Waals surface area contributed by atoms with Gasteiger partial charge in [0.1, 0.15) is 6.61 Å². The van der Waals surface area contributed by atoms with E-state index in [0.29, 0.717) is 36.9 Å². The summed E-state index contributed by atoms with van der Waals surface area (Å²) < 4.78 is 21.8. The first-order chi connectivity index (χ1) is 14.7. The molecule has 0 saturated heterocycles. The Labute approximate surface area is 176 Å². The van der Waals surface area contributed by atoms with Gasteiger partial charge >= 0.3 is 0 Å². The number of carbonyl (C=O) groups is 1. The highest BCUT2D eigenvalue weighted by Gasteiger charge is 2.22. The maximum absolute atomic E-state index is 12.8. The number of ether oxygens (including phenoxy) is 4. The molecule has 1 heterocycles. The van der Waals surface area contributed by atoms with E-state index >= 15 is 0 Å². The zero-order chi connectivity index (χ0) is 20.8. The molecule has 1 atom stereocenters. The van der Waals surface area contributed by atoms with Crippen LogP contribution in [0.4, 0.5) is 0 Å². The van der Waals surface area contributed by atoms with E-state index in [4.69, 9.17) is 23.9 Å². The number of hydrogen-bond donors (Lipinski definition) is 1. The molecule has 1 N–H and O–H groups in total. The third-order valence-electron chi connectivity index (χ3n) is 5.14. The summed E-state index contributed by atoms with van der Waals surface area (Å²) in [7, 11) is 0. The number of fused-ring (bicyclic) bond motifs is 2. The van der Waals surface area contributed by atoms with Crippen LogP contribution in [0, 0.1) is 0 Å². The molecule has 2 aromatic rings. The van der Waals surface area contributed by atoms with Crippen molar-refractivity contribution in [3.05, 3.63) is 59.2 Å². The van der Waals surface area contributed by atoms with Crippen molar-refractivity contribution in [1.29, 1.82) is 0 Å². The van der Waals surface area contributed by atoms with Crippen molar-refractivity contribution in [2.45, 2.75) is 32.2 Å². The maximum Gasteiger partial charge on any atom is 0.292 e. The summed E-state index contributed by atoms with van der Waals surface area (Å²) in [6.45, 7) is 3.43. The molecule has 0 radical (unpaired) electrons. The number of aryl methyl sites for hydroxylation is 1. The molecular weight excluding hydrogens is 384 g/mol. The SMILES string of the molecule is CCOCCOC(=NC1CCCc2ccccc21)NC(=O)c1ccc2c(c1)OCO2. The van der Waals surface area contributed by atoms with Crippen molar-refractivity contribution in [2.24, 2.45) is 4.99 Å². The minimum atomic E-state index is -0.312. The third-order valence-corrected chi connectivity index (χ3v) is 5.14. The Morgan fingerprint density at radius 2 is 2.03 bits per heavy atom. The van der Waals surface area contributed by atoms with Gasteiger partial charge in [-0.2, -0.15) is 0 Å². The second-order valence-electron chi connectivity index (χ2n) is 7.11. The molecule has 1 amide bonds. The zero-order valence-electron chi connectivity index (χ0n) is 17.1. The number of benzene rings is 2. The first-order valence-corrected chi connectivity index (χ1v) is 10.3. The van der Waals surface area contributed by atoms with Crippen molar-refractivity contribution in [3.8, 4) is 11.5 Å². The van der Waals surface area contributed by atoms with Gasteiger partial charge in [0.15, 0.2) is 11.5 Å². The van der Waals surface area contributed by atoms with Crippen molar-refractivity contribution >= 4 is 11.9 Å². The lowest BCUT2D eigenvalue weighted by atomic mass is 9.88. The van der Waals surface area contributed by atoms with E-state index in [1.54, 1.807) is 18.2 Å². The number of hydrogen-bond acceptors (Lipinski definition) is 6. The van der Waals surface area contributed by atoms with Crippen LogP contribution in [0.25, 0.3) is 0 Å². The number of amidine groups is 1. The fourth-order valence-corrected chi connectivity index (χ4v) is 3.66. The van der Waals surface area contributed by atoms with Gasteiger partial charge in [-0.1, -0.05) is 24.3 Å². The highest BCUT2D eigenvalue weighted by atomic mass is 16.7. The summed E-state index contributed by atoms with van der Waals surface area (Å²) in [6, 6.07) is 13.5. The van der Waals surface area contributed by atoms with Gasteiger partial charge < -0.3 is 18.9 Å². The van der Waals surface area contributed by atoms with E-state index < -0.39 is 0 Å². The van der Waals surface area contributed by atoms with Gasteiger partial charge in [0, 0.05) is 12.2 Å². The molecule has 0 bridgehead atoms. The van der Waals surface area contributed by atoms with Crippen LogP contribution >= 0.6 is 0 Å². The number of aliphatic imine (C=N–C) groups is 1. The van der Waals surface area contributed by atoms with Crippen LogP contribution in [0.1, 0.15) is 47.3 Å². The van der Waals surface area contributed by atoms with Gasteiger partial charge in [0.2, 0.25) is 6.79 Å². The summed E-state index contributed by atoms with van der Waals surface area (Å²) in [5.41, 5.74) is 2.93. The highest BCUT2D eigenvalue weighted by Crippen LogP contribution is 2.33. The molecule has 0 aromatic heterocycles. The monoisotopic (exact) mass is 410 g/mol. The molecule has 7 nitrogen and oxygen atoms in total. The lowest BCUT2D eigenvalue weighted by Gasteiger charge is -2.23. The van der Waals surface area contributed by atoms with Crippen molar-refractivity contribution in [3.63, 3.8) is 0 Å². The Hall–Kier alpha value is -3.06. The summed E-state index contributed by atoms with van der Waals surface area (Å²) in [4.78, 5) is 17.6. The summed E-state index contributed by atoms with van der Waals surface area (Å²) >= 11 is 0. The van der Waals surface area contributed by atoms with Crippen LogP contribution in [0.3, 0.4) is 0 Å². The van der Waals surface area contributed by atoms with Gasteiger partial charge in [0.05, 0.1) is 12.6 Å². The largest absolute Gasteiger partial charge is 0.463 e. The quantitative estimate of drug-likeness (QED) is 0.447. The molecule has 0 fully saturated rings. The van der Waals surface area contributed by atoms with Crippen LogP contribution in [0.2, 0.25) is 0 Å². The third kappa shape index (κ3) is 4.74. The second kappa shape index (κ2) is 9.63. The Morgan fingerprint density at radius 3 is 2.93 bits per heavy atom. The van der Waals surface area contributed by atoms with Gasteiger partial charge in [-0.3, -0.25) is 10.1 Å². The Balaban J connectivity index is 1.52. The molecule has 7 heteroatoms. The summed E-state index contributed by atoms with van der Waals surface area (Å²) in [6.07, 6.45) is 3.01. The molecule has 158 valence electrons. The van der Waals surface area contributed by atoms with Crippen LogP contribution in [-0.2, 0) is 15.9 Å². The fraction of sp³-hybridized carbons (Fsp3) is 0.391. The molecule has 0 saturated carbocycles. The normalized spacial score (nSPS) is 17.4. The number of amides is 1. The van der Waals surface area contributed by atoms with Crippen molar-refractivity contribution in [1.82, 2.24) is 5.32 Å². The van der Waals surface area contributed by atoms with E-state index in [1.165, 1.54) is 11.1 Å². The molecule has 0 spiro atoms. The molecule has 2 aliphatic rings.